The third-order valence-electron chi connectivity index (χ3n) is 4.20. The van der Waals surface area contributed by atoms with E-state index in [4.69, 9.17) is 0 Å². The molecule has 122 valence electrons. The summed E-state index contributed by atoms with van der Waals surface area (Å²) in [5.74, 6) is -0.971. The number of aromatic nitrogens is 3. The Bertz CT molecular complexity index is 898. The van der Waals surface area contributed by atoms with Gasteiger partial charge < -0.3 is 5.11 Å². The predicted molar refractivity (Wildman–Crippen MR) is 92.6 cm³/mol. The predicted octanol–water partition coefficient (Wildman–Crippen LogP) is 3.81. The molecular formula is C19H19N3O2. The number of rotatable bonds is 4. The molecule has 5 nitrogen and oxygen atoms in total. The maximum absolute atomic E-state index is 11.9. The smallest absolute Gasteiger partial charge is 0.339 e. The van der Waals surface area contributed by atoms with Crippen LogP contribution in [0.25, 0.3) is 16.9 Å². The van der Waals surface area contributed by atoms with Gasteiger partial charge in [0.05, 0.1) is 11.4 Å². The molecule has 0 aliphatic carbocycles. The van der Waals surface area contributed by atoms with Crippen molar-refractivity contribution >= 4 is 5.97 Å². The minimum Gasteiger partial charge on any atom is -0.478 e. The second-order valence-electron chi connectivity index (χ2n) is 5.75. The summed E-state index contributed by atoms with van der Waals surface area (Å²) in [5, 5.41) is 14.3. The summed E-state index contributed by atoms with van der Waals surface area (Å²) < 4.78 is 1.73. The fraction of sp³-hybridized carbons (Fsp3) is 0.211. The standard InChI is InChI=1S/C19H19N3O2/c1-4-16-17(19(23)24)18(14-6-5-9-20-11-14)21-22(16)15-8-7-12(2)13(3)10-15/h5-11H,4H2,1-3H3,(H,23,24). The topological polar surface area (TPSA) is 68.0 Å². The van der Waals surface area contributed by atoms with Gasteiger partial charge in [-0.3, -0.25) is 4.98 Å². The van der Waals surface area contributed by atoms with Gasteiger partial charge in [0, 0.05) is 18.0 Å². The largest absolute Gasteiger partial charge is 0.478 e. The van der Waals surface area contributed by atoms with Crippen LogP contribution in [0.15, 0.2) is 42.7 Å². The zero-order valence-electron chi connectivity index (χ0n) is 13.9. The summed E-state index contributed by atoms with van der Waals surface area (Å²) in [7, 11) is 0. The summed E-state index contributed by atoms with van der Waals surface area (Å²) in [6.45, 7) is 6.02. The molecule has 2 aromatic heterocycles. The summed E-state index contributed by atoms with van der Waals surface area (Å²) in [6.07, 6.45) is 3.87. The summed E-state index contributed by atoms with van der Waals surface area (Å²) in [5.41, 5.74) is 5.28. The molecule has 2 heterocycles. The monoisotopic (exact) mass is 321 g/mol. The lowest BCUT2D eigenvalue weighted by molar-refractivity contribution is 0.0696. The normalized spacial score (nSPS) is 10.8. The minimum atomic E-state index is -0.971. The van der Waals surface area contributed by atoms with Crippen LogP contribution in [-0.2, 0) is 6.42 Å². The van der Waals surface area contributed by atoms with Crippen molar-refractivity contribution in [1.82, 2.24) is 14.8 Å². The van der Waals surface area contributed by atoms with Crippen LogP contribution >= 0.6 is 0 Å². The van der Waals surface area contributed by atoms with E-state index < -0.39 is 5.97 Å². The lowest BCUT2D eigenvalue weighted by Gasteiger charge is -2.09. The average Bonchev–Trinajstić information content (AvgIpc) is 2.98. The van der Waals surface area contributed by atoms with Gasteiger partial charge in [0.1, 0.15) is 11.3 Å². The van der Waals surface area contributed by atoms with Crippen LogP contribution in [0, 0.1) is 13.8 Å². The highest BCUT2D eigenvalue weighted by Gasteiger charge is 2.24. The highest BCUT2D eigenvalue weighted by molar-refractivity contribution is 5.96. The highest BCUT2D eigenvalue weighted by Crippen LogP contribution is 2.28. The fourth-order valence-corrected chi connectivity index (χ4v) is 2.78. The van der Waals surface area contributed by atoms with E-state index in [-0.39, 0.29) is 5.56 Å². The second-order valence-corrected chi connectivity index (χ2v) is 5.75. The van der Waals surface area contributed by atoms with Crippen LogP contribution in [0.2, 0.25) is 0 Å². The van der Waals surface area contributed by atoms with Crippen molar-refractivity contribution in [1.29, 1.82) is 0 Å². The molecule has 0 bridgehead atoms. The van der Waals surface area contributed by atoms with E-state index in [0.29, 0.717) is 23.4 Å². The number of nitrogens with zero attached hydrogens (tertiary/aromatic N) is 3. The zero-order chi connectivity index (χ0) is 17.3. The number of aryl methyl sites for hydroxylation is 2. The van der Waals surface area contributed by atoms with Crippen molar-refractivity contribution < 1.29 is 9.90 Å². The minimum absolute atomic E-state index is 0.240. The van der Waals surface area contributed by atoms with Crippen LogP contribution in [0.3, 0.4) is 0 Å². The molecule has 1 N–H and O–H groups in total. The van der Waals surface area contributed by atoms with Crippen LogP contribution in [0.5, 0.6) is 0 Å². The SMILES string of the molecule is CCc1c(C(=O)O)c(-c2cccnc2)nn1-c1ccc(C)c(C)c1. The van der Waals surface area contributed by atoms with E-state index >= 15 is 0 Å². The Kier molecular flexibility index (Phi) is 4.16. The van der Waals surface area contributed by atoms with Crippen molar-refractivity contribution in [3.05, 3.63) is 65.1 Å². The Morgan fingerprint density at radius 2 is 2.00 bits per heavy atom. The quantitative estimate of drug-likeness (QED) is 0.793. The molecular weight excluding hydrogens is 302 g/mol. The molecule has 0 saturated carbocycles. The van der Waals surface area contributed by atoms with E-state index in [1.165, 1.54) is 5.56 Å². The van der Waals surface area contributed by atoms with Gasteiger partial charge in [-0.25, -0.2) is 9.48 Å². The molecule has 24 heavy (non-hydrogen) atoms. The van der Waals surface area contributed by atoms with Crippen LogP contribution in [0.1, 0.15) is 34.1 Å². The van der Waals surface area contributed by atoms with Gasteiger partial charge in [0.25, 0.3) is 0 Å². The van der Waals surface area contributed by atoms with Crippen molar-refractivity contribution in [2.24, 2.45) is 0 Å². The first kappa shape index (κ1) is 15.9. The lowest BCUT2D eigenvalue weighted by Crippen LogP contribution is -2.06. The molecule has 0 amide bonds. The van der Waals surface area contributed by atoms with Crippen molar-refractivity contribution in [2.75, 3.05) is 0 Å². The van der Waals surface area contributed by atoms with Gasteiger partial charge in [-0.15, -0.1) is 0 Å². The maximum atomic E-state index is 11.9. The molecule has 1 aromatic carbocycles. The van der Waals surface area contributed by atoms with Gasteiger partial charge in [-0.2, -0.15) is 5.10 Å². The molecule has 0 unspecified atom stereocenters. The Hall–Kier alpha value is -2.95. The highest BCUT2D eigenvalue weighted by atomic mass is 16.4. The van der Waals surface area contributed by atoms with Gasteiger partial charge in [-0.1, -0.05) is 13.0 Å². The van der Waals surface area contributed by atoms with E-state index in [9.17, 15) is 9.90 Å². The van der Waals surface area contributed by atoms with Crippen molar-refractivity contribution in [3.63, 3.8) is 0 Å². The van der Waals surface area contributed by atoms with E-state index in [1.54, 1.807) is 23.1 Å². The van der Waals surface area contributed by atoms with Crippen LogP contribution in [-0.4, -0.2) is 25.8 Å². The van der Waals surface area contributed by atoms with Gasteiger partial charge in [0.2, 0.25) is 0 Å². The van der Waals surface area contributed by atoms with Crippen molar-refractivity contribution in [2.45, 2.75) is 27.2 Å². The fourth-order valence-electron chi connectivity index (χ4n) is 2.78. The molecule has 0 saturated heterocycles. The molecule has 0 radical (unpaired) electrons. The van der Waals surface area contributed by atoms with E-state index in [0.717, 1.165) is 11.3 Å². The maximum Gasteiger partial charge on any atom is 0.339 e. The van der Waals surface area contributed by atoms with Crippen LogP contribution < -0.4 is 0 Å². The Labute approximate surface area is 140 Å². The van der Waals surface area contributed by atoms with Gasteiger partial charge in [0.15, 0.2) is 0 Å². The Balaban J connectivity index is 2.27. The number of carbonyl (C=O) groups is 1. The Morgan fingerprint density at radius 3 is 2.58 bits per heavy atom. The van der Waals surface area contributed by atoms with Crippen LogP contribution in [0.4, 0.5) is 0 Å². The number of hydrogen-bond acceptors (Lipinski definition) is 3. The first-order chi connectivity index (χ1) is 11.5. The lowest BCUT2D eigenvalue weighted by atomic mass is 10.1. The molecule has 0 spiro atoms. The number of pyridine rings is 1. The molecule has 0 atom stereocenters. The molecule has 0 aliphatic heterocycles. The number of carboxylic acid groups (broad SMARTS) is 1. The number of aromatic carboxylic acids is 1. The average molecular weight is 321 g/mol. The number of hydrogen-bond donors (Lipinski definition) is 1. The van der Waals surface area contributed by atoms with Crippen molar-refractivity contribution in [3.8, 4) is 16.9 Å². The molecule has 5 heteroatoms. The third kappa shape index (κ3) is 2.69. The zero-order valence-corrected chi connectivity index (χ0v) is 13.9. The second kappa shape index (κ2) is 6.28. The first-order valence-corrected chi connectivity index (χ1v) is 7.86. The summed E-state index contributed by atoms with van der Waals surface area (Å²) in [6, 6.07) is 9.62. The van der Waals surface area contributed by atoms with Gasteiger partial charge >= 0.3 is 5.97 Å². The molecule has 3 rings (SSSR count). The van der Waals surface area contributed by atoms with Gasteiger partial charge in [-0.05, 0) is 55.7 Å². The molecule has 3 aromatic rings. The summed E-state index contributed by atoms with van der Waals surface area (Å²) in [4.78, 5) is 15.9. The third-order valence-corrected chi connectivity index (χ3v) is 4.20. The summed E-state index contributed by atoms with van der Waals surface area (Å²) >= 11 is 0. The van der Waals surface area contributed by atoms with E-state index in [2.05, 4.69) is 10.1 Å². The van der Waals surface area contributed by atoms with E-state index in [1.807, 2.05) is 45.0 Å². The number of carboxylic acids is 1. The Morgan fingerprint density at radius 1 is 1.21 bits per heavy atom. The molecule has 0 fully saturated rings. The molecule has 0 aliphatic rings. The first-order valence-electron chi connectivity index (χ1n) is 7.86. The number of benzene rings is 1.